The van der Waals surface area contributed by atoms with Gasteiger partial charge in [0.15, 0.2) is 0 Å². The first-order valence-electron chi connectivity index (χ1n) is 7.05. The number of carbonyl (C=O) groups excluding carboxylic acids is 1. The molecule has 3 aromatic rings. The van der Waals surface area contributed by atoms with Gasteiger partial charge in [0, 0.05) is 22.2 Å². The zero-order valence-corrected chi connectivity index (χ0v) is 11.2. The van der Waals surface area contributed by atoms with E-state index in [1.165, 1.54) is 0 Å². The average Bonchev–Trinajstić information content (AvgIpc) is 2.82. The summed E-state index contributed by atoms with van der Waals surface area (Å²) in [7, 11) is 0. The molecule has 3 nitrogen and oxygen atoms in total. The van der Waals surface area contributed by atoms with Crippen LogP contribution >= 0.6 is 0 Å². The zero-order chi connectivity index (χ0) is 14.0. The summed E-state index contributed by atoms with van der Waals surface area (Å²) in [4.78, 5) is 14.6. The number of amides is 1. The lowest BCUT2D eigenvalue weighted by molar-refractivity contribution is 0.0993. The number of carbonyl (C=O) groups is 1. The quantitative estimate of drug-likeness (QED) is 0.672. The normalized spacial score (nSPS) is 18.4. The molecule has 3 aromatic carbocycles. The summed E-state index contributed by atoms with van der Waals surface area (Å²) in [6.45, 7) is 0. The fourth-order valence-corrected chi connectivity index (χ4v) is 3.50. The molecule has 0 aliphatic carbocycles. The van der Waals surface area contributed by atoms with Gasteiger partial charge in [0.05, 0.1) is 5.69 Å². The van der Waals surface area contributed by atoms with Gasteiger partial charge in [0.25, 0.3) is 5.91 Å². The van der Waals surface area contributed by atoms with Crippen molar-refractivity contribution < 1.29 is 4.79 Å². The minimum atomic E-state index is -0.103. The first kappa shape index (κ1) is 10.9. The number of nitrogens with one attached hydrogen (secondary N) is 1. The van der Waals surface area contributed by atoms with E-state index in [4.69, 9.17) is 0 Å². The molecule has 0 saturated heterocycles. The molecule has 100 valence electrons. The molecule has 0 aromatic heterocycles. The first-order valence-corrected chi connectivity index (χ1v) is 7.05. The van der Waals surface area contributed by atoms with Crippen molar-refractivity contribution in [2.75, 3.05) is 10.2 Å². The minimum absolute atomic E-state index is 0.0742. The number of benzene rings is 3. The van der Waals surface area contributed by atoms with Crippen LogP contribution in [0, 0.1) is 0 Å². The lowest BCUT2D eigenvalue weighted by Gasteiger charge is -2.33. The highest BCUT2D eigenvalue weighted by Gasteiger charge is 2.40. The second-order valence-electron chi connectivity index (χ2n) is 5.49. The number of fused-ring (bicyclic) bond motifs is 4. The second-order valence-corrected chi connectivity index (χ2v) is 5.49. The van der Waals surface area contributed by atoms with Gasteiger partial charge in [0.2, 0.25) is 0 Å². The van der Waals surface area contributed by atoms with Gasteiger partial charge in [-0.05, 0) is 23.6 Å². The van der Waals surface area contributed by atoms with E-state index in [0.29, 0.717) is 0 Å². The molecule has 0 bridgehead atoms. The molecule has 3 heteroatoms. The van der Waals surface area contributed by atoms with Gasteiger partial charge >= 0.3 is 0 Å². The van der Waals surface area contributed by atoms with Crippen LogP contribution in [0.3, 0.4) is 0 Å². The van der Waals surface area contributed by atoms with Crippen LogP contribution in [-0.4, -0.2) is 5.91 Å². The summed E-state index contributed by atoms with van der Waals surface area (Å²) in [5, 5.41) is 5.79. The van der Waals surface area contributed by atoms with Crippen LogP contribution in [0.2, 0.25) is 0 Å². The van der Waals surface area contributed by atoms with Crippen LogP contribution in [0.15, 0.2) is 60.7 Å². The molecular weight excluding hydrogens is 260 g/mol. The maximum Gasteiger partial charge on any atom is 0.260 e. The van der Waals surface area contributed by atoms with Crippen molar-refractivity contribution in [2.45, 2.75) is 6.17 Å². The summed E-state index contributed by atoms with van der Waals surface area (Å²) >= 11 is 0. The van der Waals surface area contributed by atoms with E-state index in [1.54, 1.807) is 0 Å². The summed E-state index contributed by atoms with van der Waals surface area (Å²) in [5.74, 6) is 0.0742. The second kappa shape index (κ2) is 3.64. The van der Waals surface area contributed by atoms with Crippen LogP contribution in [0.1, 0.15) is 22.1 Å². The standard InChI is InChI=1S/C18H12N2O/c21-18-13-8-2-1-7-12(13)17-19-14-9-3-5-11-6-4-10-15(16(11)14)20(17)18/h1-10,17,19H. The lowest BCUT2D eigenvalue weighted by atomic mass is 10.0. The molecule has 0 radical (unpaired) electrons. The van der Waals surface area contributed by atoms with Gasteiger partial charge in [-0.2, -0.15) is 0 Å². The van der Waals surface area contributed by atoms with E-state index in [0.717, 1.165) is 33.3 Å². The Morgan fingerprint density at radius 3 is 2.62 bits per heavy atom. The average molecular weight is 272 g/mol. The van der Waals surface area contributed by atoms with Crippen molar-refractivity contribution in [1.82, 2.24) is 0 Å². The smallest absolute Gasteiger partial charge is 0.260 e. The van der Waals surface area contributed by atoms with E-state index in [2.05, 4.69) is 23.5 Å². The third kappa shape index (κ3) is 1.26. The molecule has 2 aliphatic rings. The number of hydrogen-bond donors (Lipinski definition) is 1. The van der Waals surface area contributed by atoms with Crippen LogP contribution in [0.4, 0.5) is 11.4 Å². The van der Waals surface area contributed by atoms with Gasteiger partial charge in [-0.3, -0.25) is 9.69 Å². The molecule has 1 amide bonds. The Hall–Kier alpha value is -2.81. The van der Waals surface area contributed by atoms with Crippen LogP contribution < -0.4 is 10.2 Å². The molecule has 1 atom stereocenters. The predicted molar refractivity (Wildman–Crippen MR) is 83.6 cm³/mol. The van der Waals surface area contributed by atoms with Crippen molar-refractivity contribution in [1.29, 1.82) is 0 Å². The van der Waals surface area contributed by atoms with Crippen LogP contribution in [0.5, 0.6) is 0 Å². The molecular formula is C18H12N2O. The fraction of sp³-hybridized carbons (Fsp3) is 0.0556. The van der Waals surface area contributed by atoms with Crippen molar-refractivity contribution in [2.24, 2.45) is 0 Å². The maximum atomic E-state index is 12.8. The molecule has 0 spiro atoms. The monoisotopic (exact) mass is 272 g/mol. The number of rotatable bonds is 0. The van der Waals surface area contributed by atoms with Gasteiger partial charge in [-0.1, -0.05) is 42.5 Å². The highest BCUT2D eigenvalue weighted by molar-refractivity contribution is 6.18. The molecule has 1 N–H and O–H groups in total. The molecule has 0 fully saturated rings. The van der Waals surface area contributed by atoms with E-state index in [9.17, 15) is 4.79 Å². The zero-order valence-electron chi connectivity index (χ0n) is 11.2. The van der Waals surface area contributed by atoms with Crippen molar-refractivity contribution in [3.05, 3.63) is 71.8 Å². The van der Waals surface area contributed by atoms with E-state index < -0.39 is 0 Å². The highest BCUT2D eigenvalue weighted by Crippen LogP contribution is 2.46. The Labute approximate surface area is 121 Å². The Bertz CT molecular complexity index is 911. The first-order chi connectivity index (χ1) is 10.3. The van der Waals surface area contributed by atoms with E-state index >= 15 is 0 Å². The summed E-state index contributed by atoms with van der Waals surface area (Å²) in [6.07, 6.45) is -0.103. The summed E-state index contributed by atoms with van der Waals surface area (Å²) in [5.41, 5.74) is 3.93. The number of anilines is 2. The molecule has 5 rings (SSSR count). The van der Waals surface area contributed by atoms with Crippen molar-refractivity contribution in [3.8, 4) is 0 Å². The van der Waals surface area contributed by atoms with Crippen molar-refractivity contribution >= 4 is 28.1 Å². The number of hydrogen-bond acceptors (Lipinski definition) is 2. The highest BCUT2D eigenvalue weighted by atomic mass is 16.2. The summed E-state index contributed by atoms with van der Waals surface area (Å²) < 4.78 is 0. The Morgan fingerprint density at radius 2 is 1.71 bits per heavy atom. The Kier molecular flexibility index (Phi) is 1.89. The Morgan fingerprint density at radius 1 is 0.905 bits per heavy atom. The predicted octanol–water partition coefficient (Wildman–Crippen LogP) is 3.92. The van der Waals surface area contributed by atoms with E-state index in [1.807, 2.05) is 47.4 Å². The van der Waals surface area contributed by atoms with Gasteiger partial charge in [0.1, 0.15) is 6.17 Å². The Balaban J connectivity index is 1.85. The minimum Gasteiger partial charge on any atom is -0.360 e. The van der Waals surface area contributed by atoms with Gasteiger partial charge < -0.3 is 5.32 Å². The fourth-order valence-electron chi connectivity index (χ4n) is 3.50. The van der Waals surface area contributed by atoms with Crippen molar-refractivity contribution in [3.63, 3.8) is 0 Å². The van der Waals surface area contributed by atoms with Crippen LogP contribution in [-0.2, 0) is 0 Å². The number of nitrogens with zero attached hydrogens (tertiary/aromatic N) is 1. The molecule has 21 heavy (non-hydrogen) atoms. The SMILES string of the molecule is O=C1c2ccccc2C2Nc3cccc4cccc(c34)N12. The van der Waals surface area contributed by atoms with Crippen LogP contribution in [0.25, 0.3) is 10.8 Å². The third-order valence-electron chi connectivity index (χ3n) is 4.40. The largest absolute Gasteiger partial charge is 0.360 e. The molecule has 2 heterocycles. The topological polar surface area (TPSA) is 32.3 Å². The van der Waals surface area contributed by atoms with E-state index in [-0.39, 0.29) is 12.1 Å². The lowest BCUT2D eigenvalue weighted by Crippen LogP contribution is -2.34. The third-order valence-corrected chi connectivity index (χ3v) is 4.40. The van der Waals surface area contributed by atoms with Gasteiger partial charge in [-0.25, -0.2) is 0 Å². The summed E-state index contributed by atoms with van der Waals surface area (Å²) in [6, 6.07) is 20.2. The maximum absolute atomic E-state index is 12.8. The van der Waals surface area contributed by atoms with Gasteiger partial charge in [-0.15, -0.1) is 0 Å². The molecule has 2 aliphatic heterocycles. The molecule has 0 saturated carbocycles. The molecule has 1 unspecified atom stereocenters.